The molecule has 9 heteroatoms. The molecule has 0 bridgehead atoms. The van der Waals surface area contributed by atoms with Crippen molar-refractivity contribution < 1.29 is 23.1 Å². The molecule has 1 amide bonds. The van der Waals surface area contributed by atoms with Gasteiger partial charge in [-0.25, -0.2) is 0 Å². The van der Waals surface area contributed by atoms with E-state index in [9.17, 15) is 23.1 Å². The number of rotatable bonds is 3. The molecule has 124 valence electrons. The first-order valence-corrected chi connectivity index (χ1v) is 6.99. The van der Waals surface area contributed by atoms with Gasteiger partial charge in [0, 0.05) is 46.0 Å². The summed E-state index contributed by atoms with van der Waals surface area (Å²) in [7, 11) is 1.35. The molecule has 1 saturated heterocycles. The molecule has 1 aromatic rings. The van der Waals surface area contributed by atoms with Crippen molar-refractivity contribution in [2.24, 2.45) is 7.05 Å². The number of nitrogens with zero attached hydrogens (tertiary/aromatic N) is 4. The summed E-state index contributed by atoms with van der Waals surface area (Å²) >= 11 is 0. The Hall–Kier alpha value is -1.61. The third-order valence-electron chi connectivity index (χ3n) is 3.51. The van der Waals surface area contributed by atoms with Crippen LogP contribution in [-0.2, 0) is 13.2 Å². The highest BCUT2D eigenvalue weighted by atomic mass is 19.4. The smallest absolute Gasteiger partial charge is 0.392 e. The van der Waals surface area contributed by atoms with Gasteiger partial charge >= 0.3 is 6.18 Å². The van der Waals surface area contributed by atoms with Crippen LogP contribution in [0.3, 0.4) is 0 Å². The molecule has 2 rings (SSSR count). The molecule has 0 aromatic carbocycles. The van der Waals surface area contributed by atoms with Crippen LogP contribution >= 0.6 is 0 Å². The van der Waals surface area contributed by atoms with E-state index in [0.29, 0.717) is 32.7 Å². The van der Waals surface area contributed by atoms with Crippen molar-refractivity contribution in [1.82, 2.24) is 19.6 Å². The monoisotopic (exact) mass is 320 g/mol. The van der Waals surface area contributed by atoms with Crippen LogP contribution in [0.15, 0.2) is 6.20 Å². The number of hydrogen-bond donors (Lipinski definition) is 1. The number of carbonyl (C=O) groups is 1. The minimum Gasteiger partial charge on any atom is -0.392 e. The van der Waals surface area contributed by atoms with E-state index in [2.05, 4.69) is 5.10 Å². The molecule has 1 fully saturated rings. The van der Waals surface area contributed by atoms with E-state index in [1.165, 1.54) is 11.9 Å². The van der Waals surface area contributed by atoms with E-state index in [1.54, 1.807) is 6.92 Å². The molecule has 0 unspecified atom stereocenters. The summed E-state index contributed by atoms with van der Waals surface area (Å²) in [5.74, 6) is -0.655. The Labute approximate surface area is 126 Å². The van der Waals surface area contributed by atoms with E-state index in [0.717, 1.165) is 10.9 Å². The Morgan fingerprint density at radius 1 is 1.36 bits per heavy atom. The first-order chi connectivity index (χ1) is 10.2. The van der Waals surface area contributed by atoms with Crippen molar-refractivity contribution in [2.45, 2.75) is 19.2 Å². The fourth-order valence-corrected chi connectivity index (χ4v) is 2.53. The molecule has 6 nitrogen and oxygen atoms in total. The second-order valence-electron chi connectivity index (χ2n) is 5.50. The first kappa shape index (κ1) is 16.8. The number of carbonyl (C=O) groups excluding carboxylic acids is 1. The fraction of sp³-hybridized carbons (Fsp3) is 0.692. The fourth-order valence-electron chi connectivity index (χ4n) is 2.53. The summed E-state index contributed by atoms with van der Waals surface area (Å²) in [6.07, 6.45) is -4.02. The molecule has 1 N–H and O–H groups in total. The Morgan fingerprint density at radius 3 is 2.45 bits per heavy atom. The van der Waals surface area contributed by atoms with Gasteiger partial charge in [-0.15, -0.1) is 0 Å². The molecule has 0 radical (unpaired) electrons. The molecule has 0 aliphatic carbocycles. The van der Waals surface area contributed by atoms with Crippen LogP contribution in [0.25, 0.3) is 0 Å². The normalized spacial score (nSPS) is 18.5. The Bertz CT molecular complexity index is 534. The van der Waals surface area contributed by atoms with Crippen molar-refractivity contribution in [3.63, 3.8) is 0 Å². The van der Waals surface area contributed by atoms with Gasteiger partial charge in [0.2, 0.25) is 0 Å². The largest absolute Gasteiger partial charge is 0.435 e. The maximum Gasteiger partial charge on any atom is 0.435 e. The van der Waals surface area contributed by atoms with Crippen molar-refractivity contribution in [3.05, 3.63) is 17.5 Å². The number of aliphatic hydroxyl groups excluding tert-OH is 1. The summed E-state index contributed by atoms with van der Waals surface area (Å²) in [6, 6.07) is 0. The van der Waals surface area contributed by atoms with E-state index < -0.39 is 29.4 Å². The first-order valence-electron chi connectivity index (χ1n) is 6.99. The van der Waals surface area contributed by atoms with Gasteiger partial charge in [-0.2, -0.15) is 18.3 Å². The summed E-state index contributed by atoms with van der Waals surface area (Å²) in [6.45, 7) is 3.87. The minimum atomic E-state index is -4.65. The molecule has 0 saturated carbocycles. The average molecular weight is 320 g/mol. The lowest BCUT2D eigenvalue weighted by Crippen LogP contribution is -2.50. The van der Waals surface area contributed by atoms with Crippen LogP contribution in [0, 0.1) is 0 Å². The van der Waals surface area contributed by atoms with Crippen molar-refractivity contribution in [3.8, 4) is 0 Å². The van der Waals surface area contributed by atoms with Crippen molar-refractivity contribution in [2.75, 3.05) is 32.7 Å². The summed E-state index contributed by atoms with van der Waals surface area (Å²) < 4.78 is 39.7. The number of amides is 1. The summed E-state index contributed by atoms with van der Waals surface area (Å²) in [4.78, 5) is 15.7. The van der Waals surface area contributed by atoms with Gasteiger partial charge in [0.15, 0.2) is 5.69 Å². The molecular weight excluding hydrogens is 301 g/mol. The molecule has 1 aliphatic rings. The molecule has 22 heavy (non-hydrogen) atoms. The van der Waals surface area contributed by atoms with Gasteiger partial charge in [0.1, 0.15) is 0 Å². The Morgan fingerprint density at radius 2 is 1.95 bits per heavy atom. The molecule has 2 heterocycles. The summed E-state index contributed by atoms with van der Waals surface area (Å²) in [5.41, 5.74) is -1.56. The van der Waals surface area contributed by atoms with E-state index in [4.69, 9.17) is 0 Å². The molecule has 1 atom stereocenters. The van der Waals surface area contributed by atoms with E-state index in [1.807, 2.05) is 4.90 Å². The maximum atomic E-state index is 12.9. The third-order valence-corrected chi connectivity index (χ3v) is 3.51. The van der Waals surface area contributed by atoms with Crippen LogP contribution in [0.2, 0.25) is 0 Å². The van der Waals surface area contributed by atoms with Gasteiger partial charge in [-0.05, 0) is 6.92 Å². The number of piperazine rings is 1. The van der Waals surface area contributed by atoms with Crippen LogP contribution in [0.4, 0.5) is 13.2 Å². The Balaban J connectivity index is 2.08. The third kappa shape index (κ3) is 3.77. The highest BCUT2D eigenvalue weighted by Crippen LogP contribution is 2.31. The van der Waals surface area contributed by atoms with Crippen molar-refractivity contribution >= 4 is 5.91 Å². The van der Waals surface area contributed by atoms with Crippen LogP contribution in [-0.4, -0.2) is 69.4 Å². The number of hydrogen-bond acceptors (Lipinski definition) is 4. The molecule has 0 spiro atoms. The number of aromatic nitrogens is 2. The highest BCUT2D eigenvalue weighted by Gasteiger charge is 2.40. The van der Waals surface area contributed by atoms with Gasteiger partial charge in [-0.1, -0.05) is 0 Å². The maximum absolute atomic E-state index is 12.9. The number of aliphatic hydroxyl groups is 1. The topological polar surface area (TPSA) is 61.6 Å². The zero-order valence-corrected chi connectivity index (χ0v) is 12.5. The standard InChI is InChI=1S/C13H19F3N4O2/c1-9(21)7-19-3-5-20(6-4-19)12(22)10-8-18(2)17-11(10)13(14,15)16/h8-9,21H,3-7H2,1-2H3/t9-/m1/s1. The van der Waals surface area contributed by atoms with Gasteiger partial charge in [0.25, 0.3) is 5.91 Å². The SMILES string of the molecule is C[C@@H](O)CN1CCN(C(=O)c2cn(C)nc2C(F)(F)F)CC1. The lowest BCUT2D eigenvalue weighted by Gasteiger charge is -2.35. The number of β-amino-alcohol motifs (C(OH)–C–C–N with tert-alkyl or cyclic N) is 1. The minimum absolute atomic E-state index is 0.331. The highest BCUT2D eigenvalue weighted by molar-refractivity contribution is 5.95. The number of alkyl halides is 3. The number of aryl methyl sites for hydroxylation is 1. The lowest BCUT2D eigenvalue weighted by molar-refractivity contribution is -0.141. The molecular formula is C13H19F3N4O2. The van der Waals surface area contributed by atoms with Crippen LogP contribution in [0.5, 0.6) is 0 Å². The Kier molecular flexibility index (Phi) is 4.76. The predicted octanol–water partition coefficient (Wildman–Crippen LogP) is 0.578. The number of halogens is 3. The van der Waals surface area contributed by atoms with Gasteiger partial charge in [0.05, 0.1) is 11.7 Å². The summed E-state index contributed by atoms with van der Waals surface area (Å²) in [5, 5.41) is 12.7. The van der Waals surface area contributed by atoms with Gasteiger partial charge in [-0.3, -0.25) is 14.4 Å². The zero-order chi connectivity index (χ0) is 16.5. The second-order valence-corrected chi connectivity index (χ2v) is 5.50. The molecule has 1 aromatic heterocycles. The van der Waals surface area contributed by atoms with Crippen LogP contribution < -0.4 is 0 Å². The van der Waals surface area contributed by atoms with E-state index >= 15 is 0 Å². The quantitative estimate of drug-likeness (QED) is 0.885. The van der Waals surface area contributed by atoms with Crippen molar-refractivity contribution in [1.29, 1.82) is 0 Å². The van der Waals surface area contributed by atoms with E-state index in [-0.39, 0.29) is 0 Å². The predicted molar refractivity (Wildman–Crippen MR) is 72.2 cm³/mol. The second kappa shape index (κ2) is 6.25. The van der Waals surface area contributed by atoms with Gasteiger partial charge < -0.3 is 10.0 Å². The average Bonchev–Trinajstić information content (AvgIpc) is 2.80. The zero-order valence-electron chi connectivity index (χ0n) is 12.5. The molecule has 1 aliphatic heterocycles. The van der Waals surface area contributed by atoms with Crippen LogP contribution in [0.1, 0.15) is 23.0 Å². The lowest BCUT2D eigenvalue weighted by atomic mass is 10.2.